The summed E-state index contributed by atoms with van der Waals surface area (Å²) in [6.07, 6.45) is 4.77. The Morgan fingerprint density at radius 3 is 2.67 bits per heavy atom. The first-order valence-corrected chi connectivity index (χ1v) is 8.38. The second-order valence-corrected chi connectivity index (χ2v) is 6.40. The number of nitrogens with one attached hydrogen (secondary N) is 1. The molecule has 0 spiro atoms. The van der Waals surface area contributed by atoms with Crippen LogP contribution in [0.1, 0.15) is 29.0 Å². The number of amides is 1. The lowest BCUT2D eigenvalue weighted by Gasteiger charge is -2.13. The molecule has 1 unspecified atom stereocenters. The van der Waals surface area contributed by atoms with Crippen molar-refractivity contribution in [3.63, 3.8) is 0 Å². The van der Waals surface area contributed by atoms with Gasteiger partial charge in [0, 0.05) is 16.0 Å². The maximum absolute atomic E-state index is 12.4. The summed E-state index contributed by atoms with van der Waals surface area (Å²) in [5, 5.41) is 17.1. The molecule has 1 aromatic carbocycles. The van der Waals surface area contributed by atoms with Gasteiger partial charge in [-0.25, -0.2) is 4.68 Å². The normalized spacial score (nSPS) is 11.9. The van der Waals surface area contributed by atoms with Crippen LogP contribution in [0.25, 0.3) is 5.69 Å². The molecule has 24 heavy (non-hydrogen) atoms. The van der Waals surface area contributed by atoms with Gasteiger partial charge in [-0.2, -0.15) is 5.10 Å². The summed E-state index contributed by atoms with van der Waals surface area (Å²) in [5.41, 5.74) is 1.72. The fourth-order valence-corrected chi connectivity index (χ4v) is 2.92. The highest BCUT2D eigenvalue weighted by atomic mass is 127. The van der Waals surface area contributed by atoms with Gasteiger partial charge >= 0.3 is 0 Å². The summed E-state index contributed by atoms with van der Waals surface area (Å²) in [6.45, 7) is 1.86. The van der Waals surface area contributed by atoms with Crippen LogP contribution in [0.4, 0.5) is 0 Å². The Morgan fingerprint density at radius 1 is 1.25 bits per heavy atom. The monoisotopic (exact) mass is 434 g/mol. The Labute approximate surface area is 152 Å². The van der Waals surface area contributed by atoms with E-state index in [0.29, 0.717) is 0 Å². The Hall–Kier alpha value is -2.42. The minimum Gasteiger partial charge on any atom is -0.504 e. The van der Waals surface area contributed by atoms with Gasteiger partial charge in [-0.3, -0.25) is 9.78 Å². The van der Waals surface area contributed by atoms with Crippen molar-refractivity contribution >= 4 is 28.5 Å². The van der Waals surface area contributed by atoms with E-state index in [1.54, 1.807) is 12.4 Å². The summed E-state index contributed by atoms with van der Waals surface area (Å²) < 4.78 is 2.47. The molecule has 0 bridgehead atoms. The average Bonchev–Trinajstić information content (AvgIpc) is 2.97. The molecule has 7 heteroatoms. The Bertz CT molecular complexity index is 864. The minimum absolute atomic E-state index is 0.00411. The number of nitrogens with zero attached hydrogens (tertiary/aromatic N) is 3. The van der Waals surface area contributed by atoms with Crippen LogP contribution in [0.2, 0.25) is 0 Å². The van der Waals surface area contributed by atoms with Gasteiger partial charge in [0.2, 0.25) is 0 Å². The molecule has 3 rings (SSSR count). The Morgan fingerprint density at radius 2 is 1.96 bits per heavy atom. The molecule has 0 saturated heterocycles. The average molecular weight is 434 g/mol. The van der Waals surface area contributed by atoms with Gasteiger partial charge < -0.3 is 10.4 Å². The SMILES string of the molecule is CC(NC(=O)c1nn(-c2ccccc2I)cc1O)c1ccncc1. The van der Waals surface area contributed by atoms with E-state index in [2.05, 4.69) is 38.0 Å². The fraction of sp³-hybridized carbons (Fsp3) is 0.118. The van der Waals surface area contributed by atoms with Gasteiger partial charge in [-0.1, -0.05) is 12.1 Å². The van der Waals surface area contributed by atoms with Crippen LogP contribution in [0.5, 0.6) is 5.75 Å². The van der Waals surface area contributed by atoms with Crippen LogP contribution in [0, 0.1) is 3.57 Å². The van der Waals surface area contributed by atoms with Crippen LogP contribution >= 0.6 is 22.6 Å². The number of rotatable bonds is 4. The molecule has 0 saturated carbocycles. The summed E-state index contributed by atoms with van der Waals surface area (Å²) in [5.74, 6) is -0.587. The van der Waals surface area contributed by atoms with E-state index in [0.717, 1.165) is 14.8 Å². The first-order valence-electron chi connectivity index (χ1n) is 7.30. The van der Waals surface area contributed by atoms with Crippen LogP contribution in [-0.2, 0) is 0 Å². The van der Waals surface area contributed by atoms with Gasteiger partial charge in [0.1, 0.15) is 0 Å². The molecular formula is C17H15IN4O2. The number of carbonyl (C=O) groups is 1. The van der Waals surface area contributed by atoms with E-state index in [1.165, 1.54) is 10.9 Å². The lowest BCUT2D eigenvalue weighted by Crippen LogP contribution is -2.27. The topological polar surface area (TPSA) is 80.0 Å². The van der Waals surface area contributed by atoms with E-state index < -0.39 is 5.91 Å². The van der Waals surface area contributed by atoms with Crippen LogP contribution in [-0.4, -0.2) is 25.8 Å². The van der Waals surface area contributed by atoms with Crippen molar-refractivity contribution in [1.29, 1.82) is 0 Å². The minimum atomic E-state index is -0.429. The number of hydrogen-bond acceptors (Lipinski definition) is 4. The number of hydrogen-bond donors (Lipinski definition) is 2. The summed E-state index contributed by atoms with van der Waals surface area (Å²) in [4.78, 5) is 16.4. The van der Waals surface area contributed by atoms with Gasteiger partial charge in [-0.05, 0) is 59.3 Å². The first kappa shape index (κ1) is 16.4. The molecule has 1 amide bonds. The Kier molecular flexibility index (Phi) is 4.79. The van der Waals surface area contributed by atoms with Gasteiger partial charge in [0.15, 0.2) is 11.4 Å². The van der Waals surface area contributed by atoms with Gasteiger partial charge in [-0.15, -0.1) is 0 Å². The number of carbonyl (C=O) groups excluding carboxylic acids is 1. The molecule has 2 heterocycles. The van der Waals surface area contributed by atoms with Crippen LogP contribution in [0.15, 0.2) is 55.0 Å². The van der Waals surface area contributed by atoms with Crippen molar-refractivity contribution in [1.82, 2.24) is 20.1 Å². The van der Waals surface area contributed by atoms with Crippen molar-refractivity contribution < 1.29 is 9.90 Å². The summed E-state index contributed by atoms with van der Waals surface area (Å²) >= 11 is 2.18. The van der Waals surface area contributed by atoms with Crippen molar-refractivity contribution in [3.8, 4) is 11.4 Å². The number of para-hydroxylation sites is 1. The molecule has 0 aliphatic carbocycles. The molecule has 122 valence electrons. The molecule has 2 N–H and O–H groups in total. The van der Waals surface area contributed by atoms with E-state index in [9.17, 15) is 9.90 Å². The third kappa shape index (κ3) is 3.40. The van der Waals surface area contributed by atoms with Crippen molar-refractivity contribution in [2.75, 3.05) is 0 Å². The highest BCUT2D eigenvalue weighted by molar-refractivity contribution is 14.1. The second-order valence-electron chi connectivity index (χ2n) is 5.23. The van der Waals surface area contributed by atoms with Crippen LogP contribution in [0.3, 0.4) is 0 Å². The van der Waals surface area contributed by atoms with E-state index in [-0.39, 0.29) is 17.5 Å². The number of benzene rings is 1. The fourth-order valence-electron chi connectivity index (χ4n) is 2.29. The van der Waals surface area contributed by atoms with E-state index >= 15 is 0 Å². The third-order valence-corrected chi connectivity index (χ3v) is 4.48. The molecule has 1 atom stereocenters. The zero-order valence-electron chi connectivity index (χ0n) is 12.8. The highest BCUT2D eigenvalue weighted by Crippen LogP contribution is 2.22. The van der Waals surface area contributed by atoms with Crippen molar-refractivity contribution in [2.24, 2.45) is 0 Å². The number of halogens is 1. The quantitative estimate of drug-likeness (QED) is 0.619. The second kappa shape index (κ2) is 7.00. The van der Waals surface area contributed by atoms with Crippen LogP contribution < -0.4 is 5.32 Å². The molecule has 0 fully saturated rings. The van der Waals surface area contributed by atoms with E-state index in [1.807, 2.05) is 43.3 Å². The maximum atomic E-state index is 12.4. The van der Waals surface area contributed by atoms with Gasteiger partial charge in [0.05, 0.1) is 17.9 Å². The third-order valence-electron chi connectivity index (χ3n) is 3.56. The summed E-state index contributed by atoms with van der Waals surface area (Å²) in [7, 11) is 0. The molecule has 6 nitrogen and oxygen atoms in total. The smallest absolute Gasteiger partial charge is 0.276 e. The molecule has 2 aromatic heterocycles. The molecule has 0 aliphatic rings. The standard InChI is InChI=1S/C17H15IN4O2/c1-11(12-6-8-19-9-7-12)20-17(24)16-15(23)10-22(21-16)14-5-3-2-4-13(14)18/h2-11,23H,1H3,(H,20,24). The first-order chi connectivity index (χ1) is 11.6. The lowest BCUT2D eigenvalue weighted by molar-refractivity contribution is 0.0932. The number of aromatic hydroxyl groups is 1. The number of aromatic nitrogens is 3. The highest BCUT2D eigenvalue weighted by Gasteiger charge is 2.19. The molecule has 3 aromatic rings. The molecular weight excluding hydrogens is 419 g/mol. The molecule has 0 aliphatic heterocycles. The predicted molar refractivity (Wildman–Crippen MR) is 98.1 cm³/mol. The predicted octanol–water partition coefficient (Wildman–Crippen LogP) is 3.07. The van der Waals surface area contributed by atoms with Crippen molar-refractivity contribution in [3.05, 3.63) is 69.8 Å². The lowest BCUT2D eigenvalue weighted by atomic mass is 10.1. The molecule has 0 radical (unpaired) electrons. The maximum Gasteiger partial charge on any atom is 0.276 e. The zero-order chi connectivity index (χ0) is 17.1. The summed E-state index contributed by atoms with van der Waals surface area (Å²) in [6, 6.07) is 11.0. The van der Waals surface area contributed by atoms with Gasteiger partial charge in [0.25, 0.3) is 5.91 Å². The van der Waals surface area contributed by atoms with E-state index in [4.69, 9.17) is 0 Å². The Balaban J connectivity index is 1.82. The zero-order valence-corrected chi connectivity index (χ0v) is 15.0. The number of pyridine rings is 1. The van der Waals surface area contributed by atoms with Crippen molar-refractivity contribution in [2.45, 2.75) is 13.0 Å². The largest absolute Gasteiger partial charge is 0.504 e.